The molecule has 0 saturated carbocycles. The third-order valence-corrected chi connectivity index (χ3v) is 1.90. The largest absolute Gasteiger partial charge is 0.310 e. The molecule has 0 aliphatic heterocycles. The smallest absolute Gasteiger partial charge is 0.106 e. The highest BCUT2D eigenvalue weighted by Crippen LogP contribution is 2.11. The Morgan fingerprint density at radius 2 is 2.27 bits per heavy atom. The number of aromatic nitrogens is 1. The van der Waals surface area contributed by atoms with E-state index in [-0.39, 0.29) is 0 Å². The molecule has 0 fully saturated rings. The lowest BCUT2D eigenvalue weighted by molar-refractivity contribution is 0.788. The highest BCUT2D eigenvalue weighted by molar-refractivity contribution is 9.10. The maximum Gasteiger partial charge on any atom is 0.106 e. The van der Waals surface area contributed by atoms with Crippen molar-refractivity contribution in [3.8, 4) is 0 Å². The minimum Gasteiger partial charge on any atom is -0.310 e. The van der Waals surface area contributed by atoms with Crippen molar-refractivity contribution in [2.45, 2.75) is 0 Å². The topological polar surface area (TPSA) is 28.2 Å². The Bertz CT molecular complexity index is 222. The van der Waals surface area contributed by atoms with Gasteiger partial charge in [0.05, 0.1) is 11.9 Å². The number of hydrazine groups is 1. The standard InChI is InChI=1S/C7H10BrN3/c1-9-11(2)6-3-4-7(8)10-5-6/h3-5,9H,1-2H3. The first kappa shape index (κ1) is 8.49. The zero-order valence-electron chi connectivity index (χ0n) is 6.50. The van der Waals surface area contributed by atoms with E-state index in [1.54, 1.807) is 6.20 Å². The molecule has 0 atom stereocenters. The Labute approximate surface area is 74.5 Å². The van der Waals surface area contributed by atoms with Gasteiger partial charge in [0, 0.05) is 14.1 Å². The first-order valence-electron chi connectivity index (χ1n) is 3.26. The Morgan fingerprint density at radius 3 is 2.73 bits per heavy atom. The molecule has 1 aromatic heterocycles. The summed E-state index contributed by atoms with van der Waals surface area (Å²) in [4.78, 5) is 4.08. The van der Waals surface area contributed by atoms with E-state index in [4.69, 9.17) is 0 Å². The summed E-state index contributed by atoms with van der Waals surface area (Å²) in [5.41, 5.74) is 4.02. The number of pyridine rings is 1. The third-order valence-electron chi connectivity index (χ3n) is 1.43. The lowest BCUT2D eigenvalue weighted by Gasteiger charge is -2.16. The van der Waals surface area contributed by atoms with E-state index in [2.05, 4.69) is 26.3 Å². The minimum absolute atomic E-state index is 0.853. The van der Waals surface area contributed by atoms with Gasteiger partial charge in [-0.2, -0.15) is 0 Å². The predicted molar refractivity (Wildman–Crippen MR) is 49.4 cm³/mol. The molecule has 1 rings (SSSR count). The van der Waals surface area contributed by atoms with Crippen molar-refractivity contribution >= 4 is 21.6 Å². The molecule has 4 heteroatoms. The van der Waals surface area contributed by atoms with Crippen LogP contribution in [0.15, 0.2) is 22.9 Å². The van der Waals surface area contributed by atoms with Gasteiger partial charge in [0.2, 0.25) is 0 Å². The number of nitrogens with one attached hydrogen (secondary N) is 1. The minimum atomic E-state index is 0.853. The van der Waals surface area contributed by atoms with Crippen molar-refractivity contribution in [2.75, 3.05) is 19.1 Å². The van der Waals surface area contributed by atoms with Gasteiger partial charge in [-0.15, -0.1) is 0 Å². The number of halogens is 1. The number of nitrogens with zero attached hydrogens (tertiary/aromatic N) is 2. The lowest BCUT2D eigenvalue weighted by atomic mass is 10.4. The van der Waals surface area contributed by atoms with Crippen molar-refractivity contribution in [1.29, 1.82) is 0 Å². The fraction of sp³-hybridized carbons (Fsp3) is 0.286. The first-order valence-corrected chi connectivity index (χ1v) is 4.06. The number of anilines is 1. The highest BCUT2D eigenvalue weighted by Gasteiger charge is 1.96. The summed E-state index contributed by atoms with van der Waals surface area (Å²) in [5.74, 6) is 0. The zero-order valence-corrected chi connectivity index (χ0v) is 8.09. The molecular weight excluding hydrogens is 206 g/mol. The SMILES string of the molecule is CNN(C)c1ccc(Br)nc1. The van der Waals surface area contributed by atoms with Crippen LogP contribution in [-0.2, 0) is 0 Å². The van der Waals surface area contributed by atoms with E-state index < -0.39 is 0 Å². The predicted octanol–water partition coefficient (Wildman–Crippen LogP) is 1.41. The van der Waals surface area contributed by atoms with Gasteiger partial charge < -0.3 is 5.01 Å². The molecule has 1 heterocycles. The second-order valence-corrected chi connectivity index (χ2v) is 2.93. The second-order valence-electron chi connectivity index (χ2n) is 2.12. The molecule has 0 radical (unpaired) electrons. The molecule has 0 unspecified atom stereocenters. The summed E-state index contributed by atoms with van der Waals surface area (Å²) >= 11 is 3.27. The summed E-state index contributed by atoms with van der Waals surface area (Å²) in [6.07, 6.45) is 1.79. The van der Waals surface area contributed by atoms with E-state index in [0.29, 0.717) is 0 Å². The third kappa shape index (κ3) is 2.17. The van der Waals surface area contributed by atoms with E-state index in [9.17, 15) is 0 Å². The number of rotatable bonds is 2. The average molecular weight is 216 g/mol. The molecule has 3 nitrogen and oxygen atoms in total. The molecule has 60 valence electrons. The second kappa shape index (κ2) is 3.69. The number of hydrogen-bond donors (Lipinski definition) is 1. The van der Waals surface area contributed by atoms with Crippen LogP contribution in [0.25, 0.3) is 0 Å². The first-order chi connectivity index (χ1) is 5.24. The van der Waals surface area contributed by atoms with Gasteiger partial charge in [0.1, 0.15) is 4.60 Å². The summed E-state index contributed by atoms with van der Waals surface area (Å²) < 4.78 is 0.853. The molecule has 0 amide bonds. The molecule has 1 aromatic rings. The highest BCUT2D eigenvalue weighted by atomic mass is 79.9. The van der Waals surface area contributed by atoms with Crippen LogP contribution < -0.4 is 10.4 Å². The maximum absolute atomic E-state index is 4.08. The van der Waals surface area contributed by atoms with E-state index in [1.807, 2.05) is 31.2 Å². The van der Waals surface area contributed by atoms with Crippen LogP contribution in [0.2, 0.25) is 0 Å². The molecule has 0 bridgehead atoms. The van der Waals surface area contributed by atoms with Gasteiger partial charge in [-0.25, -0.2) is 10.4 Å². The number of hydrogen-bond acceptors (Lipinski definition) is 3. The zero-order chi connectivity index (χ0) is 8.27. The van der Waals surface area contributed by atoms with Gasteiger partial charge in [-0.05, 0) is 28.1 Å². The van der Waals surface area contributed by atoms with Crippen LogP contribution in [0.5, 0.6) is 0 Å². The van der Waals surface area contributed by atoms with E-state index in [0.717, 1.165) is 10.3 Å². The normalized spacial score (nSPS) is 9.73. The molecule has 11 heavy (non-hydrogen) atoms. The molecule has 0 aliphatic rings. The molecule has 0 saturated heterocycles. The van der Waals surface area contributed by atoms with Crippen LogP contribution in [0.4, 0.5) is 5.69 Å². The summed E-state index contributed by atoms with van der Waals surface area (Å²) in [6, 6.07) is 3.89. The van der Waals surface area contributed by atoms with Crippen LogP contribution in [-0.4, -0.2) is 19.1 Å². The quantitative estimate of drug-likeness (QED) is 0.598. The summed E-state index contributed by atoms with van der Waals surface area (Å²) in [6.45, 7) is 0. The van der Waals surface area contributed by atoms with Crippen molar-refractivity contribution in [3.63, 3.8) is 0 Å². The van der Waals surface area contributed by atoms with Gasteiger partial charge >= 0.3 is 0 Å². The Hall–Kier alpha value is -0.610. The Morgan fingerprint density at radius 1 is 1.55 bits per heavy atom. The fourth-order valence-corrected chi connectivity index (χ4v) is 0.930. The van der Waals surface area contributed by atoms with Crippen LogP contribution in [0.1, 0.15) is 0 Å². The van der Waals surface area contributed by atoms with Gasteiger partial charge in [-0.3, -0.25) is 0 Å². The molecular formula is C7H10BrN3. The average Bonchev–Trinajstić information content (AvgIpc) is 2.05. The summed E-state index contributed by atoms with van der Waals surface area (Å²) in [5, 5.41) is 1.89. The Kier molecular flexibility index (Phi) is 2.84. The molecule has 0 spiro atoms. The van der Waals surface area contributed by atoms with Crippen LogP contribution >= 0.6 is 15.9 Å². The van der Waals surface area contributed by atoms with Gasteiger partial charge in [0.15, 0.2) is 0 Å². The van der Waals surface area contributed by atoms with E-state index >= 15 is 0 Å². The Balaban J connectivity index is 2.81. The molecule has 0 aliphatic carbocycles. The van der Waals surface area contributed by atoms with Gasteiger partial charge in [0.25, 0.3) is 0 Å². The van der Waals surface area contributed by atoms with Crippen molar-refractivity contribution < 1.29 is 0 Å². The van der Waals surface area contributed by atoms with Gasteiger partial charge in [-0.1, -0.05) is 0 Å². The van der Waals surface area contributed by atoms with Crippen molar-refractivity contribution in [2.24, 2.45) is 0 Å². The van der Waals surface area contributed by atoms with Crippen LogP contribution in [0.3, 0.4) is 0 Å². The monoisotopic (exact) mass is 215 g/mol. The molecule has 1 N–H and O–H groups in total. The summed E-state index contributed by atoms with van der Waals surface area (Å²) in [7, 11) is 3.80. The maximum atomic E-state index is 4.08. The van der Waals surface area contributed by atoms with Crippen LogP contribution in [0, 0.1) is 0 Å². The van der Waals surface area contributed by atoms with Crippen molar-refractivity contribution in [3.05, 3.63) is 22.9 Å². The lowest BCUT2D eigenvalue weighted by Crippen LogP contribution is -2.30. The fourth-order valence-electron chi connectivity index (χ4n) is 0.696. The molecule has 0 aromatic carbocycles. The van der Waals surface area contributed by atoms with Crippen molar-refractivity contribution in [1.82, 2.24) is 10.4 Å². The van der Waals surface area contributed by atoms with E-state index in [1.165, 1.54) is 0 Å².